The Kier molecular flexibility index (Phi) is 4.87. The molecule has 100 valence electrons. The predicted octanol–water partition coefficient (Wildman–Crippen LogP) is 3.81. The van der Waals surface area contributed by atoms with Crippen molar-refractivity contribution in [3.8, 4) is 0 Å². The van der Waals surface area contributed by atoms with Gasteiger partial charge in [0.2, 0.25) is 0 Å². The van der Waals surface area contributed by atoms with Gasteiger partial charge in [0, 0.05) is 17.4 Å². The number of nitrogens with zero attached hydrogens (tertiary/aromatic N) is 1. The summed E-state index contributed by atoms with van der Waals surface area (Å²) in [5.41, 5.74) is -0.414. The maximum atomic E-state index is 12.1. The average molecular weight is 306 g/mol. The van der Waals surface area contributed by atoms with E-state index in [-0.39, 0.29) is 18.2 Å². The first-order valence-electron chi connectivity index (χ1n) is 6.32. The Morgan fingerprint density at radius 1 is 1.29 bits per heavy atom. The summed E-state index contributed by atoms with van der Waals surface area (Å²) < 4.78 is 5.46. The topological polar surface area (TPSA) is 29.5 Å². The van der Waals surface area contributed by atoms with E-state index in [2.05, 4.69) is 29.8 Å². The lowest BCUT2D eigenvalue weighted by Gasteiger charge is -2.42. The standard InChI is InChI=1S/C13H24BrNO2/c1-9-6-11(8-14)7-10(2)15(9)12(16)17-13(3,4)5/h9-11H,6-8H2,1-5H3. The summed E-state index contributed by atoms with van der Waals surface area (Å²) >= 11 is 3.54. The van der Waals surface area contributed by atoms with Crippen molar-refractivity contribution in [1.29, 1.82) is 0 Å². The monoisotopic (exact) mass is 305 g/mol. The Balaban J connectivity index is 2.67. The van der Waals surface area contributed by atoms with Gasteiger partial charge < -0.3 is 9.64 Å². The molecule has 1 aliphatic heterocycles. The van der Waals surface area contributed by atoms with Crippen molar-refractivity contribution in [2.45, 2.75) is 65.1 Å². The molecule has 1 saturated heterocycles. The zero-order valence-corrected chi connectivity index (χ0v) is 13.1. The summed E-state index contributed by atoms with van der Waals surface area (Å²) in [4.78, 5) is 14.0. The lowest BCUT2D eigenvalue weighted by molar-refractivity contribution is -0.00555. The molecule has 1 aliphatic rings. The highest BCUT2D eigenvalue weighted by Gasteiger charge is 2.35. The van der Waals surface area contributed by atoms with E-state index in [9.17, 15) is 4.79 Å². The minimum Gasteiger partial charge on any atom is -0.444 e. The number of likely N-dealkylation sites (tertiary alicyclic amines) is 1. The number of alkyl halides is 1. The summed E-state index contributed by atoms with van der Waals surface area (Å²) in [7, 11) is 0. The van der Waals surface area contributed by atoms with Gasteiger partial charge in [-0.2, -0.15) is 0 Å². The predicted molar refractivity (Wildman–Crippen MR) is 73.5 cm³/mol. The van der Waals surface area contributed by atoms with E-state index in [1.54, 1.807) is 0 Å². The van der Waals surface area contributed by atoms with E-state index in [0.29, 0.717) is 5.92 Å². The van der Waals surface area contributed by atoms with Crippen LogP contribution in [0.2, 0.25) is 0 Å². The molecule has 0 radical (unpaired) electrons. The van der Waals surface area contributed by atoms with Gasteiger partial charge in [0.1, 0.15) is 5.60 Å². The maximum absolute atomic E-state index is 12.1. The van der Waals surface area contributed by atoms with Gasteiger partial charge in [0.15, 0.2) is 0 Å². The average Bonchev–Trinajstić information content (AvgIpc) is 2.13. The number of carbonyl (C=O) groups excluding carboxylic acids is 1. The molecule has 1 rings (SSSR count). The highest BCUT2D eigenvalue weighted by atomic mass is 79.9. The van der Waals surface area contributed by atoms with Crippen molar-refractivity contribution in [3.63, 3.8) is 0 Å². The second-order valence-corrected chi connectivity index (χ2v) is 6.72. The Bertz CT molecular complexity index is 263. The lowest BCUT2D eigenvalue weighted by atomic mass is 9.89. The Morgan fingerprint density at radius 3 is 2.12 bits per heavy atom. The molecule has 1 amide bonds. The molecule has 0 aromatic heterocycles. The van der Waals surface area contributed by atoms with E-state index in [4.69, 9.17) is 4.74 Å². The van der Waals surface area contributed by atoms with Crippen molar-refractivity contribution in [1.82, 2.24) is 4.90 Å². The molecule has 1 heterocycles. The van der Waals surface area contributed by atoms with Gasteiger partial charge in [-0.15, -0.1) is 0 Å². The highest BCUT2D eigenvalue weighted by molar-refractivity contribution is 9.09. The zero-order valence-electron chi connectivity index (χ0n) is 11.5. The molecule has 3 nitrogen and oxygen atoms in total. The second-order valence-electron chi connectivity index (χ2n) is 6.08. The quantitative estimate of drug-likeness (QED) is 0.690. The van der Waals surface area contributed by atoms with Crippen LogP contribution in [-0.2, 0) is 4.74 Å². The van der Waals surface area contributed by atoms with Gasteiger partial charge in [-0.05, 0) is 53.4 Å². The molecular weight excluding hydrogens is 282 g/mol. The smallest absolute Gasteiger partial charge is 0.410 e. The van der Waals surface area contributed by atoms with Crippen molar-refractivity contribution in [3.05, 3.63) is 0 Å². The number of hydrogen-bond donors (Lipinski definition) is 0. The van der Waals surface area contributed by atoms with E-state index in [1.165, 1.54) is 0 Å². The molecule has 17 heavy (non-hydrogen) atoms. The molecule has 2 atom stereocenters. The number of halogens is 1. The molecule has 0 bridgehead atoms. The third kappa shape index (κ3) is 4.16. The van der Waals surface area contributed by atoms with Gasteiger partial charge >= 0.3 is 6.09 Å². The van der Waals surface area contributed by atoms with Crippen LogP contribution in [0.4, 0.5) is 4.79 Å². The summed E-state index contributed by atoms with van der Waals surface area (Å²) in [6.45, 7) is 9.94. The van der Waals surface area contributed by atoms with Crippen LogP contribution >= 0.6 is 15.9 Å². The van der Waals surface area contributed by atoms with Gasteiger partial charge in [-0.1, -0.05) is 15.9 Å². The minimum absolute atomic E-state index is 0.175. The first kappa shape index (κ1) is 14.8. The van der Waals surface area contributed by atoms with Crippen molar-refractivity contribution in [2.24, 2.45) is 5.92 Å². The first-order chi connectivity index (χ1) is 7.74. The van der Waals surface area contributed by atoms with Crippen LogP contribution in [0.5, 0.6) is 0 Å². The van der Waals surface area contributed by atoms with Gasteiger partial charge in [0.25, 0.3) is 0 Å². The van der Waals surface area contributed by atoms with Crippen molar-refractivity contribution in [2.75, 3.05) is 5.33 Å². The van der Waals surface area contributed by atoms with Crippen LogP contribution in [0, 0.1) is 5.92 Å². The third-order valence-corrected chi connectivity index (χ3v) is 4.04. The SMILES string of the molecule is CC1CC(CBr)CC(C)N1C(=O)OC(C)(C)C. The largest absolute Gasteiger partial charge is 0.444 e. The normalized spacial score (nSPS) is 30.2. The molecular formula is C13H24BrNO2. The maximum Gasteiger partial charge on any atom is 0.410 e. The molecule has 0 aromatic rings. The fourth-order valence-corrected chi connectivity index (χ4v) is 3.05. The molecule has 4 heteroatoms. The van der Waals surface area contributed by atoms with Crippen LogP contribution in [-0.4, -0.2) is 34.0 Å². The molecule has 0 N–H and O–H groups in total. The molecule has 1 fully saturated rings. The van der Waals surface area contributed by atoms with E-state index in [0.717, 1.165) is 18.2 Å². The molecule has 0 aliphatic carbocycles. The van der Waals surface area contributed by atoms with Crippen LogP contribution in [0.3, 0.4) is 0 Å². The molecule has 0 spiro atoms. The molecule has 0 saturated carbocycles. The lowest BCUT2D eigenvalue weighted by Crippen LogP contribution is -2.51. The van der Waals surface area contributed by atoms with E-state index in [1.807, 2.05) is 25.7 Å². The molecule has 2 unspecified atom stereocenters. The number of ether oxygens (including phenoxy) is 1. The number of amides is 1. The highest BCUT2D eigenvalue weighted by Crippen LogP contribution is 2.30. The Hall–Kier alpha value is -0.250. The van der Waals surface area contributed by atoms with Crippen LogP contribution in [0.15, 0.2) is 0 Å². The van der Waals surface area contributed by atoms with Gasteiger partial charge in [-0.25, -0.2) is 4.79 Å². The zero-order chi connectivity index (χ0) is 13.2. The fourth-order valence-electron chi connectivity index (χ4n) is 2.52. The van der Waals surface area contributed by atoms with Crippen LogP contribution in [0.25, 0.3) is 0 Å². The first-order valence-corrected chi connectivity index (χ1v) is 7.44. The number of carbonyl (C=O) groups is 1. The van der Waals surface area contributed by atoms with Gasteiger partial charge in [-0.3, -0.25) is 0 Å². The molecule has 0 aromatic carbocycles. The minimum atomic E-state index is -0.414. The summed E-state index contributed by atoms with van der Waals surface area (Å²) in [5, 5.41) is 1.02. The number of rotatable bonds is 1. The van der Waals surface area contributed by atoms with E-state index >= 15 is 0 Å². The van der Waals surface area contributed by atoms with Crippen molar-refractivity contribution < 1.29 is 9.53 Å². The van der Waals surface area contributed by atoms with E-state index < -0.39 is 5.60 Å². The number of hydrogen-bond acceptors (Lipinski definition) is 2. The summed E-state index contributed by atoms with van der Waals surface area (Å²) in [5.74, 6) is 0.665. The second kappa shape index (κ2) is 5.59. The van der Waals surface area contributed by atoms with Crippen LogP contribution < -0.4 is 0 Å². The Labute approximate surface area is 113 Å². The fraction of sp³-hybridized carbons (Fsp3) is 0.923. The Morgan fingerprint density at radius 2 is 1.76 bits per heavy atom. The van der Waals surface area contributed by atoms with Gasteiger partial charge in [0.05, 0.1) is 0 Å². The summed E-state index contributed by atoms with van der Waals surface area (Å²) in [6.07, 6.45) is 1.93. The van der Waals surface area contributed by atoms with Crippen molar-refractivity contribution >= 4 is 22.0 Å². The number of piperidine rings is 1. The summed E-state index contributed by atoms with van der Waals surface area (Å²) in [6, 6.07) is 0.521. The van der Waals surface area contributed by atoms with Crippen LogP contribution in [0.1, 0.15) is 47.5 Å². The third-order valence-electron chi connectivity index (χ3n) is 3.12.